The Morgan fingerprint density at radius 1 is 1.17 bits per heavy atom. The number of benzene rings is 2. The van der Waals surface area contributed by atoms with Crippen molar-refractivity contribution in [3.63, 3.8) is 0 Å². The summed E-state index contributed by atoms with van der Waals surface area (Å²) in [6.07, 6.45) is 0.876. The summed E-state index contributed by atoms with van der Waals surface area (Å²) < 4.78 is 6.35. The number of fused-ring (bicyclic) bond motifs is 1. The van der Waals surface area contributed by atoms with Crippen molar-refractivity contribution in [1.29, 1.82) is 0 Å². The van der Waals surface area contributed by atoms with Crippen LogP contribution in [0.1, 0.15) is 23.7 Å². The van der Waals surface area contributed by atoms with E-state index < -0.39 is 0 Å². The molecule has 0 saturated heterocycles. The quantitative estimate of drug-likeness (QED) is 0.394. The molecule has 162 valence electrons. The highest BCUT2D eigenvalue weighted by Crippen LogP contribution is 2.33. The van der Waals surface area contributed by atoms with Gasteiger partial charge in [0.1, 0.15) is 5.75 Å². The van der Waals surface area contributed by atoms with E-state index in [2.05, 4.69) is 11.8 Å². The molecule has 0 bridgehead atoms. The number of methoxy groups -OCH3 is 1. The summed E-state index contributed by atoms with van der Waals surface area (Å²) in [5.74, 6) is 1.72. The van der Waals surface area contributed by atoms with E-state index in [0.717, 1.165) is 50.3 Å². The van der Waals surface area contributed by atoms with Gasteiger partial charge in [-0.1, -0.05) is 30.4 Å². The number of thiazole rings is 1. The zero-order chi connectivity index (χ0) is 20.8. The number of thioether (sulfide) groups is 1. The van der Waals surface area contributed by atoms with E-state index in [0.29, 0.717) is 6.54 Å². The van der Waals surface area contributed by atoms with Gasteiger partial charge in [0.05, 0.1) is 22.9 Å². The second-order valence-electron chi connectivity index (χ2n) is 6.87. The lowest BCUT2D eigenvalue weighted by Crippen LogP contribution is -2.33. The summed E-state index contributed by atoms with van der Waals surface area (Å²) in [6.45, 7) is 3.63. The van der Waals surface area contributed by atoms with Crippen molar-refractivity contribution in [1.82, 2.24) is 9.88 Å². The average Bonchev–Trinajstić information content (AvgIpc) is 3.14. The second-order valence-corrected chi connectivity index (χ2v) is 9.19. The number of hydrogen-bond donors (Lipinski definition) is 0. The Bertz CT molecular complexity index is 978. The minimum atomic E-state index is 0. The third-order valence-corrected chi connectivity index (χ3v) is 6.46. The first-order valence-corrected chi connectivity index (χ1v) is 11.5. The smallest absolute Gasteiger partial charge is 0.261 e. The van der Waals surface area contributed by atoms with Crippen molar-refractivity contribution < 1.29 is 9.53 Å². The number of anilines is 1. The fourth-order valence-electron chi connectivity index (χ4n) is 3.03. The monoisotopic (exact) mass is 465 g/mol. The summed E-state index contributed by atoms with van der Waals surface area (Å²) in [4.78, 5) is 23.3. The first-order valence-electron chi connectivity index (χ1n) is 9.66. The van der Waals surface area contributed by atoms with Gasteiger partial charge in [-0.05, 0) is 63.1 Å². The van der Waals surface area contributed by atoms with Crippen LogP contribution in [-0.4, -0.2) is 55.8 Å². The Kier molecular flexibility index (Phi) is 9.42. The molecule has 0 fully saturated rings. The van der Waals surface area contributed by atoms with Crippen molar-refractivity contribution in [2.24, 2.45) is 0 Å². The van der Waals surface area contributed by atoms with Crippen LogP contribution in [0.4, 0.5) is 5.13 Å². The summed E-state index contributed by atoms with van der Waals surface area (Å²) in [6, 6.07) is 13.6. The molecule has 3 rings (SSSR count). The summed E-state index contributed by atoms with van der Waals surface area (Å²) in [7, 11) is 5.75. The van der Waals surface area contributed by atoms with Gasteiger partial charge in [0.25, 0.3) is 5.91 Å². The number of aromatic nitrogens is 1. The van der Waals surface area contributed by atoms with Gasteiger partial charge in [-0.15, -0.1) is 24.2 Å². The number of carbonyl (C=O) groups excluding carboxylic acids is 1. The maximum absolute atomic E-state index is 13.6. The lowest BCUT2D eigenvalue weighted by molar-refractivity contribution is 0.0983. The zero-order valence-corrected chi connectivity index (χ0v) is 20.2. The van der Waals surface area contributed by atoms with Crippen LogP contribution in [0.15, 0.2) is 47.4 Å². The van der Waals surface area contributed by atoms with Crippen LogP contribution in [0.3, 0.4) is 0 Å². The van der Waals surface area contributed by atoms with E-state index in [-0.39, 0.29) is 18.3 Å². The number of rotatable bonds is 9. The molecule has 1 aromatic heterocycles. The van der Waals surface area contributed by atoms with Crippen LogP contribution in [-0.2, 0) is 0 Å². The molecular weight excluding hydrogens is 438 g/mol. The van der Waals surface area contributed by atoms with E-state index in [1.54, 1.807) is 18.9 Å². The molecular formula is C22H28ClN3O2S2. The number of halogens is 1. The highest BCUT2D eigenvalue weighted by Gasteiger charge is 2.23. The fraction of sp³-hybridized carbons (Fsp3) is 0.364. The zero-order valence-electron chi connectivity index (χ0n) is 17.8. The Balaban J connectivity index is 0.00000320. The van der Waals surface area contributed by atoms with Gasteiger partial charge in [0.15, 0.2) is 5.13 Å². The number of amides is 1. The fourth-order valence-corrected chi connectivity index (χ4v) is 4.85. The maximum Gasteiger partial charge on any atom is 0.261 e. The van der Waals surface area contributed by atoms with Crippen LogP contribution >= 0.6 is 35.5 Å². The molecule has 3 aromatic rings. The Labute approximate surface area is 192 Å². The maximum atomic E-state index is 13.6. The van der Waals surface area contributed by atoms with Gasteiger partial charge in [-0.25, -0.2) is 4.98 Å². The molecule has 2 aromatic carbocycles. The SMILES string of the molecule is CCSc1ccccc1C(=O)N(CCCN(C)C)c1nc2ccc(OC)cc2s1.Cl. The molecule has 1 amide bonds. The first kappa shape index (κ1) is 24.5. The first-order chi connectivity index (χ1) is 14.0. The lowest BCUT2D eigenvalue weighted by atomic mass is 10.2. The number of nitrogens with zero attached hydrogens (tertiary/aromatic N) is 3. The van der Waals surface area contributed by atoms with E-state index in [9.17, 15) is 4.79 Å². The van der Waals surface area contributed by atoms with Gasteiger partial charge in [0, 0.05) is 11.4 Å². The van der Waals surface area contributed by atoms with Crippen LogP contribution < -0.4 is 9.64 Å². The van der Waals surface area contributed by atoms with Crippen LogP contribution in [0.5, 0.6) is 5.75 Å². The third kappa shape index (κ3) is 5.88. The minimum absolute atomic E-state index is 0. The second kappa shape index (κ2) is 11.6. The Morgan fingerprint density at radius 3 is 2.63 bits per heavy atom. The summed E-state index contributed by atoms with van der Waals surface area (Å²) in [5, 5.41) is 0.730. The number of ether oxygens (including phenoxy) is 1. The lowest BCUT2D eigenvalue weighted by Gasteiger charge is -2.22. The van der Waals surface area contributed by atoms with Crippen LogP contribution in [0, 0.1) is 0 Å². The standard InChI is InChI=1S/C22H27N3O2S2.ClH/c1-5-28-19-10-7-6-9-17(19)21(26)25(14-8-13-24(2)3)22-23-18-12-11-16(27-4)15-20(18)29-22;/h6-7,9-12,15H,5,8,13-14H2,1-4H3;1H. The van der Waals surface area contributed by atoms with Gasteiger partial charge in [0.2, 0.25) is 0 Å². The van der Waals surface area contributed by atoms with Crippen molar-refractivity contribution in [3.05, 3.63) is 48.0 Å². The van der Waals surface area contributed by atoms with E-state index >= 15 is 0 Å². The summed E-state index contributed by atoms with van der Waals surface area (Å²) >= 11 is 3.22. The summed E-state index contributed by atoms with van der Waals surface area (Å²) in [5.41, 5.74) is 1.62. The van der Waals surface area contributed by atoms with Crippen molar-refractivity contribution in [3.8, 4) is 5.75 Å². The van der Waals surface area contributed by atoms with Gasteiger partial charge < -0.3 is 9.64 Å². The average molecular weight is 466 g/mol. The number of carbonyl (C=O) groups is 1. The molecule has 1 heterocycles. The highest BCUT2D eigenvalue weighted by molar-refractivity contribution is 7.99. The van der Waals surface area contributed by atoms with Crippen molar-refractivity contribution in [2.75, 3.05) is 44.9 Å². The van der Waals surface area contributed by atoms with Crippen molar-refractivity contribution in [2.45, 2.75) is 18.2 Å². The van der Waals surface area contributed by atoms with E-state index in [1.165, 1.54) is 11.3 Å². The van der Waals surface area contributed by atoms with E-state index in [1.807, 2.05) is 61.5 Å². The molecule has 5 nitrogen and oxygen atoms in total. The molecule has 0 spiro atoms. The van der Waals surface area contributed by atoms with Gasteiger partial charge >= 0.3 is 0 Å². The molecule has 0 atom stereocenters. The predicted molar refractivity (Wildman–Crippen MR) is 131 cm³/mol. The highest BCUT2D eigenvalue weighted by atomic mass is 35.5. The van der Waals surface area contributed by atoms with Crippen LogP contribution in [0.25, 0.3) is 10.2 Å². The van der Waals surface area contributed by atoms with Crippen LogP contribution in [0.2, 0.25) is 0 Å². The normalized spacial score (nSPS) is 10.8. The Morgan fingerprint density at radius 2 is 1.93 bits per heavy atom. The minimum Gasteiger partial charge on any atom is -0.497 e. The molecule has 0 unspecified atom stereocenters. The topological polar surface area (TPSA) is 45.7 Å². The largest absolute Gasteiger partial charge is 0.497 e. The number of hydrogen-bond acceptors (Lipinski definition) is 6. The molecule has 8 heteroatoms. The van der Waals surface area contributed by atoms with Gasteiger partial charge in [-0.3, -0.25) is 9.69 Å². The van der Waals surface area contributed by atoms with Crippen molar-refractivity contribution >= 4 is 56.8 Å². The molecule has 0 aliphatic rings. The van der Waals surface area contributed by atoms with E-state index in [4.69, 9.17) is 9.72 Å². The molecule has 0 aliphatic heterocycles. The Hall–Kier alpha value is -1.80. The molecule has 0 aliphatic carbocycles. The predicted octanol–water partition coefficient (Wildman–Crippen LogP) is 5.44. The molecule has 0 radical (unpaired) electrons. The molecule has 30 heavy (non-hydrogen) atoms. The molecule has 0 saturated carbocycles. The molecule has 0 N–H and O–H groups in total. The third-order valence-electron chi connectivity index (χ3n) is 4.46. The van der Waals surface area contributed by atoms with Gasteiger partial charge in [-0.2, -0.15) is 0 Å².